The molecule has 0 aliphatic carbocycles. The number of para-hydroxylation sites is 1. The highest BCUT2D eigenvalue weighted by atomic mass is 16.2. The maximum absolute atomic E-state index is 12.4. The molecule has 2 aromatic rings. The molecule has 2 N–H and O–H groups in total. The molecule has 0 fully saturated rings. The number of hydrogen-bond acceptors (Lipinski definition) is 2. The minimum absolute atomic E-state index is 0.111. The van der Waals surface area contributed by atoms with Crippen molar-refractivity contribution in [1.82, 2.24) is 4.90 Å². The van der Waals surface area contributed by atoms with E-state index in [2.05, 4.69) is 23.8 Å². The Labute approximate surface area is 147 Å². The Morgan fingerprint density at radius 2 is 1.36 bits per heavy atom. The zero-order valence-electron chi connectivity index (χ0n) is 13.9. The van der Waals surface area contributed by atoms with Crippen molar-refractivity contribution in [3.8, 4) is 0 Å². The number of hydrogen-bond donors (Lipinski definition) is 2. The van der Waals surface area contributed by atoms with E-state index in [1.165, 1.54) is 0 Å². The third-order valence-corrected chi connectivity index (χ3v) is 3.41. The lowest BCUT2D eigenvalue weighted by Gasteiger charge is -2.19. The van der Waals surface area contributed by atoms with E-state index in [-0.39, 0.29) is 11.9 Å². The van der Waals surface area contributed by atoms with Crippen molar-refractivity contribution in [3.63, 3.8) is 0 Å². The fraction of sp³-hybridized carbons (Fsp3) is 0.100. The van der Waals surface area contributed by atoms with E-state index in [1.807, 2.05) is 18.2 Å². The molecule has 0 radical (unpaired) electrons. The van der Waals surface area contributed by atoms with Gasteiger partial charge in [0.05, 0.1) is 0 Å². The largest absolute Gasteiger partial charge is 0.331 e. The van der Waals surface area contributed by atoms with Gasteiger partial charge in [0.2, 0.25) is 0 Å². The van der Waals surface area contributed by atoms with E-state index < -0.39 is 0 Å². The fourth-order valence-corrected chi connectivity index (χ4v) is 2.25. The number of nitrogens with zero attached hydrogens (tertiary/aromatic N) is 1. The van der Waals surface area contributed by atoms with E-state index >= 15 is 0 Å². The summed E-state index contributed by atoms with van der Waals surface area (Å²) in [5.41, 5.74) is 1.85. The molecular formula is C20H21N3O2. The smallest absolute Gasteiger partial charge is 0.323 e. The van der Waals surface area contributed by atoms with Crippen LogP contribution in [0.1, 0.15) is 10.4 Å². The maximum Gasteiger partial charge on any atom is 0.323 e. The molecule has 0 heterocycles. The summed E-state index contributed by atoms with van der Waals surface area (Å²) in [6.07, 6.45) is 3.34. The van der Waals surface area contributed by atoms with Gasteiger partial charge in [0.1, 0.15) is 0 Å². The Balaban J connectivity index is 1.99. The van der Waals surface area contributed by atoms with Crippen molar-refractivity contribution in [3.05, 3.63) is 85.5 Å². The predicted octanol–water partition coefficient (Wildman–Crippen LogP) is 4.14. The number of urea groups is 1. The van der Waals surface area contributed by atoms with Gasteiger partial charge in [-0.05, 0) is 36.4 Å². The van der Waals surface area contributed by atoms with E-state index in [0.29, 0.717) is 30.0 Å². The highest BCUT2D eigenvalue weighted by Crippen LogP contribution is 2.13. The van der Waals surface area contributed by atoms with E-state index in [1.54, 1.807) is 53.5 Å². The second-order valence-electron chi connectivity index (χ2n) is 5.31. The first-order valence-electron chi connectivity index (χ1n) is 7.88. The summed E-state index contributed by atoms with van der Waals surface area (Å²) in [4.78, 5) is 26.0. The highest BCUT2D eigenvalue weighted by molar-refractivity contribution is 6.00. The van der Waals surface area contributed by atoms with Gasteiger partial charge in [0.15, 0.2) is 0 Å². The summed E-state index contributed by atoms with van der Waals surface area (Å²) < 4.78 is 0. The van der Waals surface area contributed by atoms with Crippen molar-refractivity contribution < 1.29 is 9.59 Å². The Kier molecular flexibility index (Phi) is 6.54. The summed E-state index contributed by atoms with van der Waals surface area (Å²) in [5, 5.41) is 5.46. The van der Waals surface area contributed by atoms with Crippen molar-refractivity contribution in [2.45, 2.75) is 0 Å². The van der Waals surface area contributed by atoms with Crippen LogP contribution in [-0.4, -0.2) is 29.9 Å². The standard InChI is InChI=1S/C20H21N3O2/c1-3-14-23(15-4-2)19(24)16-10-12-18(13-11-16)22-20(25)21-17-8-6-5-7-9-17/h3-13H,1-2,14-15H2,(H2,21,22,25). The molecule has 25 heavy (non-hydrogen) atoms. The number of carbonyl (C=O) groups is 2. The summed E-state index contributed by atoms with van der Waals surface area (Å²) in [6, 6.07) is 15.6. The predicted molar refractivity (Wildman–Crippen MR) is 102 cm³/mol. The van der Waals surface area contributed by atoms with Gasteiger partial charge in [-0.25, -0.2) is 4.79 Å². The average Bonchev–Trinajstić information content (AvgIpc) is 2.62. The number of benzene rings is 2. The van der Waals surface area contributed by atoms with Crippen LogP contribution in [0.4, 0.5) is 16.2 Å². The molecule has 5 nitrogen and oxygen atoms in total. The molecule has 0 aliphatic heterocycles. The lowest BCUT2D eigenvalue weighted by atomic mass is 10.1. The van der Waals surface area contributed by atoms with Crippen molar-refractivity contribution >= 4 is 23.3 Å². The molecule has 128 valence electrons. The number of rotatable bonds is 7. The molecule has 0 aromatic heterocycles. The Morgan fingerprint density at radius 3 is 1.88 bits per heavy atom. The van der Waals surface area contributed by atoms with Crippen LogP contribution in [0.25, 0.3) is 0 Å². The Bertz CT molecular complexity index is 729. The number of amides is 3. The molecule has 0 spiro atoms. The fourth-order valence-electron chi connectivity index (χ4n) is 2.25. The zero-order valence-corrected chi connectivity index (χ0v) is 13.9. The van der Waals surface area contributed by atoms with Crippen LogP contribution in [-0.2, 0) is 0 Å². The molecule has 2 rings (SSSR count). The number of anilines is 2. The second kappa shape index (κ2) is 9.08. The van der Waals surface area contributed by atoms with Gasteiger partial charge in [-0.15, -0.1) is 13.2 Å². The third-order valence-electron chi connectivity index (χ3n) is 3.41. The topological polar surface area (TPSA) is 61.4 Å². The lowest BCUT2D eigenvalue weighted by molar-refractivity contribution is 0.0791. The minimum Gasteiger partial charge on any atom is -0.331 e. The second-order valence-corrected chi connectivity index (χ2v) is 5.31. The molecule has 0 aliphatic rings. The first-order chi connectivity index (χ1) is 12.1. The molecule has 0 atom stereocenters. The van der Waals surface area contributed by atoms with Gasteiger partial charge < -0.3 is 15.5 Å². The van der Waals surface area contributed by atoms with Crippen LogP contribution in [0.3, 0.4) is 0 Å². The van der Waals surface area contributed by atoms with Gasteiger partial charge >= 0.3 is 6.03 Å². The van der Waals surface area contributed by atoms with Gasteiger partial charge in [0, 0.05) is 30.0 Å². The van der Waals surface area contributed by atoms with Crippen LogP contribution in [0.2, 0.25) is 0 Å². The van der Waals surface area contributed by atoms with E-state index in [4.69, 9.17) is 0 Å². The molecule has 2 aromatic carbocycles. The molecule has 0 saturated heterocycles. The summed E-state index contributed by atoms with van der Waals surface area (Å²) in [6.45, 7) is 8.21. The third kappa shape index (κ3) is 5.35. The molecule has 0 saturated carbocycles. The van der Waals surface area contributed by atoms with Crippen LogP contribution in [0, 0.1) is 0 Å². The van der Waals surface area contributed by atoms with Gasteiger partial charge in [-0.2, -0.15) is 0 Å². The van der Waals surface area contributed by atoms with Gasteiger partial charge in [0.25, 0.3) is 5.91 Å². The van der Waals surface area contributed by atoms with Crippen molar-refractivity contribution in [2.24, 2.45) is 0 Å². The van der Waals surface area contributed by atoms with Crippen LogP contribution >= 0.6 is 0 Å². The Morgan fingerprint density at radius 1 is 0.840 bits per heavy atom. The Hall–Kier alpha value is -3.34. The van der Waals surface area contributed by atoms with Crippen LogP contribution < -0.4 is 10.6 Å². The first kappa shape index (κ1) is 18.0. The molecule has 3 amide bonds. The summed E-state index contributed by atoms with van der Waals surface area (Å²) in [5.74, 6) is -0.111. The average molecular weight is 335 g/mol. The highest BCUT2D eigenvalue weighted by Gasteiger charge is 2.13. The van der Waals surface area contributed by atoms with Crippen molar-refractivity contribution in [1.29, 1.82) is 0 Å². The van der Waals surface area contributed by atoms with Gasteiger partial charge in [-0.3, -0.25) is 4.79 Å². The zero-order chi connectivity index (χ0) is 18.1. The molecular weight excluding hydrogens is 314 g/mol. The minimum atomic E-state index is -0.342. The van der Waals surface area contributed by atoms with Crippen molar-refractivity contribution in [2.75, 3.05) is 23.7 Å². The number of carbonyl (C=O) groups excluding carboxylic acids is 2. The van der Waals surface area contributed by atoms with E-state index in [9.17, 15) is 9.59 Å². The number of nitrogens with one attached hydrogen (secondary N) is 2. The quantitative estimate of drug-likeness (QED) is 0.747. The van der Waals surface area contributed by atoms with Crippen LogP contribution in [0.15, 0.2) is 79.9 Å². The first-order valence-corrected chi connectivity index (χ1v) is 7.88. The normalized spacial score (nSPS) is 9.76. The lowest BCUT2D eigenvalue weighted by Crippen LogP contribution is -2.31. The molecule has 5 heteroatoms. The summed E-state index contributed by atoms with van der Waals surface area (Å²) >= 11 is 0. The molecule has 0 unspecified atom stereocenters. The monoisotopic (exact) mass is 335 g/mol. The SMILES string of the molecule is C=CCN(CC=C)C(=O)c1ccc(NC(=O)Nc2ccccc2)cc1. The van der Waals surface area contributed by atoms with E-state index in [0.717, 1.165) is 0 Å². The maximum atomic E-state index is 12.4. The molecule has 0 bridgehead atoms. The summed E-state index contributed by atoms with van der Waals surface area (Å²) in [7, 11) is 0. The van der Waals surface area contributed by atoms with Gasteiger partial charge in [-0.1, -0.05) is 30.4 Å². The van der Waals surface area contributed by atoms with Crippen LogP contribution in [0.5, 0.6) is 0 Å².